The molecule has 1 saturated heterocycles. The van der Waals surface area contributed by atoms with Crippen molar-refractivity contribution in [1.82, 2.24) is 15.1 Å². The SMILES string of the molecule is Cc1ccccc1OCCc1nnc([C@H]2CN(C)C[C@@H](C)O2)o1. The molecule has 6 heteroatoms. The van der Waals surface area contributed by atoms with Crippen molar-refractivity contribution in [3.05, 3.63) is 41.6 Å². The average molecular weight is 317 g/mol. The number of nitrogens with zero attached hydrogens (tertiary/aromatic N) is 3. The lowest BCUT2D eigenvalue weighted by molar-refractivity contribution is -0.0826. The minimum Gasteiger partial charge on any atom is -0.493 e. The molecule has 0 aliphatic carbocycles. The molecule has 1 aromatic carbocycles. The van der Waals surface area contributed by atoms with E-state index in [1.807, 2.05) is 31.2 Å². The Kier molecular flexibility index (Phi) is 4.93. The second-order valence-electron chi connectivity index (χ2n) is 6.05. The first-order chi connectivity index (χ1) is 11.1. The molecule has 124 valence electrons. The molecule has 0 unspecified atom stereocenters. The van der Waals surface area contributed by atoms with Gasteiger partial charge in [0.15, 0.2) is 0 Å². The van der Waals surface area contributed by atoms with Crippen LogP contribution in [0.15, 0.2) is 28.7 Å². The van der Waals surface area contributed by atoms with Gasteiger partial charge in [0.1, 0.15) is 11.9 Å². The fourth-order valence-electron chi connectivity index (χ4n) is 2.76. The maximum atomic E-state index is 5.88. The van der Waals surface area contributed by atoms with Gasteiger partial charge in [-0.3, -0.25) is 0 Å². The Morgan fingerprint density at radius 1 is 1.26 bits per heavy atom. The van der Waals surface area contributed by atoms with E-state index in [-0.39, 0.29) is 12.2 Å². The number of para-hydroxylation sites is 1. The highest BCUT2D eigenvalue weighted by Crippen LogP contribution is 2.23. The summed E-state index contributed by atoms with van der Waals surface area (Å²) >= 11 is 0. The third kappa shape index (κ3) is 4.09. The molecule has 0 saturated carbocycles. The van der Waals surface area contributed by atoms with Gasteiger partial charge in [-0.05, 0) is 32.5 Å². The number of hydrogen-bond donors (Lipinski definition) is 0. The molecule has 1 aromatic heterocycles. The van der Waals surface area contributed by atoms with Crippen molar-refractivity contribution in [3.8, 4) is 5.75 Å². The van der Waals surface area contributed by atoms with Gasteiger partial charge in [0.05, 0.1) is 19.1 Å². The van der Waals surface area contributed by atoms with E-state index < -0.39 is 0 Å². The summed E-state index contributed by atoms with van der Waals surface area (Å²) in [7, 11) is 2.07. The summed E-state index contributed by atoms with van der Waals surface area (Å²) in [5.41, 5.74) is 1.12. The van der Waals surface area contributed by atoms with Crippen LogP contribution in [0.2, 0.25) is 0 Å². The Morgan fingerprint density at radius 3 is 2.87 bits per heavy atom. The fourth-order valence-corrected chi connectivity index (χ4v) is 2.76. The Labute approximate surface area is 136 Å². The predicted molar refractivity (Wildman–Crippen MR) is 85.5 cm³/mol. The lowest BCUT2D eigenvalue weighted by atomic mass is 10.2. The standard InChI is InChI=1S/C17H23N3O3/c1-12-6-4-5-7-14(12)21-9-8-16-18-19-17(23-16)15-11-20(3)10-13(2)22-15/h4-7,13,15H,8-11H2,1-3H3/t13-,15-/m1/s1. The van der Waals surface area contributed by atoms with E-state index in [1.54, 1.807) is 0 Å². The number of aromatic nitrogens is 2. The Hall–Kier alpha value is -1.92. The number of rotatable bonds is 5. The molecule has 1 aliphatic heterocycles. The zero-order valence-electron chi connectivity index (χ0n) is 13.9. The monoisotopic (exact) mass is 317 g/mol. The maximum absolute atomic E-state index is 5.88. The number of benzene rings is 1. The van der Waals surface area contributed by atoms with Crippen LogP contribution in [0.1, 0.15) is 30.4 Å². The van der Waals surface area contributed by atoms with E-state index in [0.717, 1.165) is 24.4 Å². The van der Waals surface area contributed by atoms with Crippen LogP contribution in [-0.2, 0) is 11.2 Å². The van der Waals surface area contributed by atoms with Crippen LogP contribution in [0, 0.1) is 6.92 Å². The Balaban J connectivity index is 1.54. The molecule has 3 rings (SSSR count). The lowest BCUT2D eigenvalue weighted by Gasteiger charge is -2.32. The minimum absolute atomic E-state index is 0.151. The molecular weight excluding hydrogens is 294 g/mol. The molecule has 2 atom stereocenters. The molecule has 0 spiro atoms. The van der Waals surface area contributed by atoms with Crippen molar-refractivity contribution in [2.75, 3.05) is 26.7 Å². The topological polar surface area (TPSA) is 60.6 Å². The van der Waals surface area contributed by atoms with Crippen molar-refractivity contribution >= 4 is 0 Å². The number of likely N-dealkylation sites (N-methyl/N-ethyl adjacent to an activating group) is 1. The Morgan fingerprint density at radius 2 is 2.09 bits per heavy atom. The van der Waals surface area contributed by atoms with Gasteiger partial charge in [-0.25, -0.2) is 0 Å². The van der Waals surface area contributed by atoms with E-state index in [1.165, 1.54) is 0 Å². The van der Waals surface area contributed by atoms with Crippen LogP contribution in [0.25, 0.3) is 0 Å². The molecule has 2 heterocycles. The third-order valence-corrected chi connectivity index (χ3v) is 3.87. The number of morpholine rings is 1. The minimum atomic E-state index is -0.151. The largest absolute Gasteiger partial charge is 0.493 e. The number of hydrogen-bond acceptors (Lipinski definition) is 6. The summed E-state index contributed by atoms with van der Waals surface area (Å²) in [6, 6.07) is 7.94. The van der Waals surface area contributed by atoms with Gasteiger partial charge in [-0.2, -0.15) is 0 Å². The van der Waals surface area contributed by atoms with Gasteiger partial charge in [-0.1, -0.05) is 18.2 Å². The molecule has 0 bridgehead atoms. The van der Waals surface area contributed by atoms with Crippen LogP contribution in [0.4, 0.5) is 0 Å². The second-order valence-corrected chi connectivity index (χ2v) is 6.05. The lowest BCUT2D eigenvalue weighted by Crippen LogP contribution is -2.40. The highest BCUT2D eigenvalue weighted by molar-refractivity contribution is 5.31. The zero-order chi connectivity index (χ0) is 16.2. The van der Waals surface area contributed by atoms with Crippen molar-refractivity contribution in [3.63, 3.8) is 0 Å². The smallest absolute Gasteiger partial charge is 0.246 e. The summed E-state index contributed by atoms with van der Waals surface area (Å²) in [5.74, 6) is 2.02. The molecule has 1 aliphatic rings. The van der Waals surface area contributed by atoms with Crippen LogP contribution in [-0.4, -0.2) is 47.9 Å². The molecular formula is C17H23N3O3. The van der Waals surface area contributed by atoms with Gasteiger partial charge in [-0.15, -0.1) is 10.2 Å². The highest BCUT2D eigenvalue weighted by atomic mass is 16.5. The summed E-state index contributed by atoms with van der Waals surface area (Å²) in [6.45, 7) is 6.27. The average Bonchev–Trinajstić information content (AvgIpc) is 2.97. The van der Waals surface area contributed by atoms with Crippen LogP contribution in [0.5, 0.6) is 5.75 Å². The van der Waals surface area contributed by atoms with Crippen molar-refractivity contribution in [1.29, 1.82) is 0 Å². The number of ether oxygens (including phenoxy) is 2. The van der Waals surface area contributed by atoms with E-state index in [0.29, 0.717) is 24.8 Å². The molecule has 0 N–H and O–H groups in total. The molecule has 23 heavy (non-hydrogen) atoms. The quantitative estimate of drug-likeness (QED) is 0.844. The van der Waals surface area contributed by atoms with Gasteiger partial charge in [0, 0.05) is 13.1 Å². The summed E-state index contributed by atoms with van der Waals surface area (Å²) < 4.78 is 17.4. The van der Waals surface area contributed by atoms with Crippen LogP contribution in [0.3, 0.4) is 0 Å². The molecule has 0 radical (unpaired) electrons. The van der Waals surface area contributed by atoms with Crippen molar-refractivity contribution in [2.24, 2.45) is 0 Å². The van der Waals surface area contributed by atoms with Gasteiger partial charge < -0.3 is 18.8 Å². The second kappa shape index (κ2) is 7.10. The van der Waals surface area contributed by atoms with Crippen LogP contribution >= 0.6 is 0 Å². The van der Waals surface area contributed by atoms with Crippen LogP contribution < -0.4 is 4.74 Å². The van der Waals surface area contributed by atoms with E-state index in [4.69, 9.17) is 13.9 Å². The maximum Gasteiger partial charge on any atom is 0.246 e. The van der Waals surface area contributed by atoms with E-state index in [2.05, 4.69) is 29.1 Å². The Bertz CT molecular complexity index is 634. The van der Waals surface area contributed by atoms with Gasteiger partial charge in [0.2, 0.25) is 11.8 Å². The number of aryl methyl sites for hydroxylation is 1. The van der Waals surface area contributed by atoms with Crippen molar-refractivity contribution < 1.29 is 13.9 Å². The third-order valence-electron chi connectivity index (χ3n) is 3.87. The molecule has 0 amide bonds. The summed E-state index contributed by atoms with van der Waals surface area (Å²) in [4.78, 5) is 2.21. The van der Waals surface area contributed by atoms with E-state index in [9.17, 15) is 0 Å². The van der Waals surface area contributed by atoms with Gasteiger partial charge in [0.25, 0.3) is 0 Å². The molecule has 1 fully saturated rings. The zero-order valence-corrected chi connectivity index (χ0v) is 13.9. The van der Waals surface area contributed by atoms with Gasteiger partial charge >= 0.3 is 0 Å². The van der Waals surface area contributed by atoms with E-state index >= 15 is 0 Å². The molecule has 2 aromatic rings. The first-order valence-electron chi connectivity index (χ1n) is 7.96. The fraction of sp³-hybridized carbons (Fsp3) is 0.529. The predicted octanol–water partition coefficient (Wildman–Crippen LogP) is 2.39. The first kappa shape index (κ1) is 16.0. The summed E-state index contributed by atoms with van der Waals surface area (Å²) in [5, 5.41) is 8.23. The molecule has 6 nitrogen and oxygen atoms in total. The highest BCUT2D eigenvalue weighted by Gasteiger charge is 2.28. The normalized spacial score (nSPS) is 22.2. The van der Waals surface area contributed by atoms with Crippen molar-refractivity contribution in [2.45, 2.75) is 32.5 Å². The first-order valence-corrected chi connectivity index (χ1v) is 7.96. The summed E-state index contributed by atoms with van der Waals surface area (Å²) in [6.07, 6.45) is 0.597.